The Morgan fingerprint density at radius 2 is 2.21 bits per heavy atom. The Kier molecular flexibility index (Phi) is 3.60. The Hall–Kier alpha value is -1.68. The first-order chi connectivity index (χ1) is 9.34. The lowest BCUT2D eigenvalue weighted by atomic mass is 9.99. The Morgan fingerprint density at radius 1 is 1.32 bits per heavy atom. The second kappa shape index (κ2) is 5.53. The van der Waals surface area contributed by atoms with Gasteiger partial charge >= 0.3 is 0 Å². The molecular weight excluding hydrogens is 236 g/mol. The van der Waals surface area contributed by atoms with Gasteiger partial charge in [0.05, 0.1) is 6.04 Å². The summed E-state index contributed by atoms with van der Waals surface area (Å²) < 4.78 is 0. The normalized spacial score (nSPS) is 20.6. The standard InChI is InChI=1S/C15H20N4/c1-12-6-2-3-7-13(12)10-19-9-5-4-8-14(19)15-16-11-17-18-15/h2-3,6-7,11,14H,4-5,8-10H2,1H3,(H,16,17,18)/t14-/m0/s1. The summed E-state index contributed by atoms with van der Waals surface area (Å²) in [6.45, 7) is 4.32. The highest BCUT2D eigenvalue weighted by Gasteiger charge is 2.26. The second-order valence-electron chi connectivity index (χ2n) is 5.28. The zero-order valence-electron chi connectivity index (χ0n) is 11.3. The molecule has 1 fully saturated rings. The summed E-state index contributed by atoms with van der Waals surface area (Å²) in [5, 5.41) is 7.03. The molecule has 4 nitrogen and oxygen atoms in total. The van der Waals surface area contributed by atoms with E-state index >= 15 is 0 Å². The molecule has 100 valence electrons. The van der Waals surface area contributed by atoms with E-state index in [0.29, 0.717) is 6.04 Å². The van der Waals surface area contributed by atoms with E-state index in [1.807, 2.05) is 0 Å². The van der Waals surface area contributed by atoms with Gasteiger partial charge in [0.25, 0.3) is 0 Å². The Labute approximate surface area is 113 Å². The fourth-order valence-electron chi connectivity index (χ4n) is 2.87. The minimum absolute atomic E-state index is 0.385. The number of aryl methyl sites for hydroxylation is 1. The number of aromatic nitrogens is 3. The Bertz CT molecular complexity index is 521. The number of piperidine rings is 1. The van der Waals surface area contributed by atoms with E-state index in [0.717, 1.165) is 18.9 Å². The van der Waals surface area contributed by atoms with Crippen LogP contribution in [0, 0.1) is 6.92 Å². The molecule has 0 unspecified atom stereocenters. The van der Waals surface area contributed by atoms with Gasteiger partial charge in [-0.05, 0) is 37.4 Å². The van der Waals surface area contributed by atoms with Gasteiger partial charge in [0.2, 0.25) is 0 Å². The molecule has 0 aliphatic carbocycles. The molecule has 0 saturated carbocycles. The number of nitrogens with one attached hydrogen (secondary N) is 1. The largest absolute Gasteiger partial charge is 0.289 e. The van der Waals surface area contributed by atoms with E-state index in [9.17, 15) is 0 Å². The van der Waals surface area contributed by atoms with Gasteiger partial charge in [-0.15, -0.1) is 0 Å². The summed E-state index contributed by atoms with van der Waals surface area (Å²) in [5.74, 6) is 1.01. The van der Waals surface area contributed by atoms with E-state index < -0.39 is 0 Å². The lowest BCUT2D eigenvalue weighted by molar-refractivity contribution is 0.134. The van der Waals surface area contributed by atoms with E-state index in [4.69, 9.17) is 0 Å². The third-order valence-corrected chi connectivity index (χ3v) is 4.00. The smallest absolute Gasteiger partial charge is 0.141 e. The molecule has 0 bridgehead atoms. The summed E-state index contributed by atoms with van der Waals surface area (Å²) in [6.07, 6.45) is 5.32. The number of hydrogen-bond donors (Lipinski definition) is 1. The maximum Gasteiger partial charge on any atom is 0.141 e. The molecule has 1 aromatic heterocycles. The van der Waals surface area contributed by atoms with Gasteiger partial charge in [0.1, 0.15) is 12.2 Å². The number of hydrogen-bond acceptors (Lipinski definition) is 3. The molecule has 0 spiro atoms. The maximum atomic E-state index is 4.35. The van der Waals surface area contributed by atoms with Gasteiger partial charge in [0.15, 0.2) is 0 Å². The first kappa shape index (κ1) is 12.4. The summed E-state index contributed by atoms with van der Waals surface area (Å²) >= 11 is 0. The van der Waals surface area contributed by atoms with Gasteiger partial charge in [-0.25, -0.2) is 4.98 Å². The molecule has 1 aliphatic rings. The van der Waals surface area contributed by atoms with Crippen LogP contribution >= 0.6 is 0 Å². The van der Waals surface area contributed by atoms with E-state index in [1.54, 1.807) is 6.33 Å². The topological polar surface area (TPSA) is 44.8 Å². The predicted molar refractivity (Wildman–Crippen MR) is 74.6 cm³/mol. The molecule has 1 aliphatic heterocycles. The van der Waals surface area contributed by atoms with Gasteiger partial charge in [0, 0.05) is 6.54 Å². The van der Waals surface area contributed by atoms with Gasteiger partial charge in [-0.3, -0.25) is 10.00 Å². The zero-order chi connectivity index (χ0) is 13.1. The van der Waals surface area contributed by atoms with Crippen LogP contribution in [0.2, 0.25) is 0 Å². The lowest BCUT2D eigenvalue weighted by Gasteiger charge is -2.34. The van der Waals surface area contributed by atoms with Crippen molar-refractivity contribution >= 4 is 0 Å². The monoisotopic (exact) mass is 256 g/mol. The van der Waals surface area contributed by atoms with Crippen LogP contribution in [0.4, 0.5) is 0 Å². The van der Waals surface area contributed by atoms with E-state index in [2.05, 4.69) is 51.3 Å². The number of benzene rings is 1. The number of aromatic amines is 1. The number of likely N-dealkylation sites (tertiary alicyclic amines) is 1. The molecule has 1 atom stereocenters. The van der Waals surface area contributed by atoms with Crippen LogP contribution in [0.3, 0.4) is 0 Å². The van der Waals surface area contributed by atoms with Crippen LogP contribution in [-0.4, -0.2) is 26.6 Å². The minimum Gasteiger partial charge on any atom is -0.289 e. The molecule has 1 saturated heterocycles. The van der Waals surface area contributed by atoms with Gasteiger partial charge < -0.3 is 0 Å². The molecule has 2 aromatic rings. The minimum atomic E-state index is 0.385. The second-order valence-corrected chi connectivity index (χ2v) is 5.28. The Balaban J connectivity index is 1.80. The maximum absolute atomic E-state index is 4.35. The van der Waals surface area contributed by atoms with Crippen molar-refractivity contribution in [3.8, 4) is 0 Å². The van der Waals surface area contributed by atoms with Crippen molar-refractivity contribution in [3.05, 3.63) is 47.5 Å². The summed E-state index contributed by atoms with van der Waals surface area (Å²) in [5.41, 5.74) is 2.78. The van der Waals surface area contributed by atoms with Crippen LogP contribution < -0.4 is 0 Å². The number of nitrogens with zero attached hydrogens (tertiary/aromatic N) is 3. The van der Waals surface area contributed by atoms with Crippen LogP contribution in [0.15, 0.2) is 30.6 Å². The third kappa shape index (κ3) is 2.68. The van der Waals surface area contributed by atoms with Gasteiger partial charge in [-0.1, -0.05) is 30.7 Å². The fraction of sp³-hybridized carbons (Fsp3) is 0.467. The van der Waals surface area contributed by atoms with Crippen molar-refractivity contribution in [2.75, 3.05) is 6.54 Å². The molecule has 0 amide bonds. The van der Waals surface area contributed by atoms with Crippen molar-refractivity contribution in [3.63, 3.8) is 0 Å². The number of H-pyrrole nitrogens is 1. The zero-order valence-corrected chi connectivity index (χ0v) is 11.3. The average molecular weight is 256 g/mol. The summed E-state index contributed by atoms with van der Waals surface area (Å²) in [4.78, 5) is 6.87. The van der Waals surface area contributed by atoms with Crippen LogP contribution in [0.25, 0.3) is 0 Å². The molecule has 0 radical (unpaired) electrons. The van der Waals surface area contributed by atoms with Crippen LogP contribution in [-0.2, 0) is 6.54 Å². The average Bonchev–Trinajstić information content (AvgIpc) is 2.96. The highest BCUT2D eigenvalue weighted by Crippen LogP contribution is 2.30. The third-order valence-electron chi connectivity index (χ3n) is 4.00. The molecule has 4 heteroatoms. The predicted octanol–water partition coefficient (Wildman–Crippen LogP) is 2.84. The van der Waals surface area contributed by atoms with Crippen LogP contribution in [0.1, 0.15) is 42.3 Å². The van der Waals surface area contributed by atoms with Gasteiger partial charge in [-0.2, -0.15) is 5.10 Å². The summed E-state index contributed by atoms with van der Waals surface area (Å²) in [7, 11) is 0. The van der Waals surface area contributed by atoms with Crippen molar-refractivity contribution in [2.24, 2.45) is 0 Å². The van der Waals surface area contributed by atoms with Crippen molar-refractivity contribution in [1.82, 2.24) is 20.1 Å². The molecule has 19 heavy (non-hydrogen) atoms. The highest BCUT2D eigenvalue weighted by molar-refractivity contribution is 5.25. The molecule has 3 rings (SSSR count). The first-order valence-corrected chi connectivity index (χ1v) is 6.98. The fourth-order valence-corrected chi connectivity index (χ4v) is 2.87. The summed E-state index contributed by atoms with van der Waals surface area (Å²) in [6, 6.07) is 9.01. The van der Waals surface area contributed by atoms with E-state index in [-0.39, 0.29) is 0 Å². The van der Waals surface area contributed by atoms with E-state index in [1.165, 1.54) is 30.4 Å². The Morgan fingerprint density at radius 3 is 3.00 bits per heavy atom. The first-order valence-electron chi connectivity index (χ1n) is 6.98. The highest BCUT2D eigenvalue weighted by atomic mass is 15.3. The molecule has 1 N–H and O–H groups in total. The lowest BCUT2D eigenvalue weighted by Crippen LogP contribution is -2.33. The SMILES string of the molecule is Cc1ccccc1CN1CCCC[C@H]1c1ncn[nH]1. The van der Waals surface area contributed by atoms with Crippen molar-refractivity contribution < 1.29 is 0 Å². The molecular formula is C15H20N4. The quantitative estimate of drug-likeness (QED) is 0.918. The molecule has 1 aromatic carbocycles. The van der Waals surface area contributed by atoms with Crippen molar-refractivity contribution in [1.29, 1.82) is 0 Å². The van der Waals surface area contributed by atoms with Crippen molar-refractivity contribution in [2.45, 2.75) is 38.8 Å². The number of rotatable bonds is 3. The molecule has 2 heterocycles. The van der Waals surface area contributed by atoms with Crippen LogP contribution in [0.5, 0.6) is 0 Å².